The van der Waals surface area contributed by atoms with Gasteiger partial charge in [0.2, 0.25) is 5.78 Å². The first kappa shape index (κ1) is 14.8. The van der Waals surface area contributed by atoms with Gasteiger partial charge in [0.05, 0.1) is 5.56 Å². The average molecular weight is 290 g/mol. The van der Waals surface area contributed by atoms with Gasteiger partial charge in [-0.15, -0.1) is 0 Å². The second-order valence-electron chi connectivity index (χ2n) is 4.39. The summed E-state index contributed by atoms with van der Waals surface area (Å²) in [7, 11) is 0. The molecule has 0 bridgehead atoms. The van der Waals surface area contributed by atoms with Crippen molar-refractivity contribution >= 4 is 11.6 Å². The Kier molecular flexibility index (Phi) is 4.42. The van der Waals surface area contributed by atoms with Crippen LogP contribution in [0.3, 0.4) is 0 Å². The molecule has 0 radical (unpaired) electrons. The summed E-state index contributed by atoms with van der Waals surface area (Å²) in [6, 6.07) is 9.33. The molecule has 3 nitrogen and oxygen atoms in total. The highest BCUT2D eigenvalue weighted by Gasteiger charge is 2.17. The van der Waals surface area contributed by atoms with Crippen molar-refractivity contribution in [3.8, 4) is 5.75 Å². The van der Waals surface area contributed by atoms with Crippen LogP contribution in [0.4, 0.5) is 8.78 Å². The molecule has 0 saturated heterocycles. The van der Waals surface area contributed by atoms with Crippen LogP contribution in [0.1, 0.15) is 27.6 Å². The molecular formula is C16H12F2O3. The van der Waals surface area contributed by atoms with Crippen LogP contribution in [-0.2, 0) is 0 Å². The number of benzene rings is 2. The van der Waals surface area contributed by atoms with E-state index in [4.69, 9.17) is 4.74 Å². The Morgan fingerprint density at radius 3 is 2.10 bits per heavy atom. The first-order valence-electron chi connectivity index (χ1n) is 6.20. The summed E-state index contributed by atoms with van der Waals surface area (Å²) < 4.78 is 32.0. The van der Waals surface area contributed by atoms with Crippen molar-refractivity contribution in [1.29, 1.82) is 0 Å². The number of ether oxygens (including phenoxy) is 1. The minimum atomic E-state index is -0.921. The third-order valence-electron chi connectivity index (χ3n) is 2.87. The van der Waals surface area contributed by atoms with Gasteiger partial charge in [-0.25, -0.2) is 8.78 Å². The van der Waals surface area contributed by atoms with Crippen LogP contribution in [0.5, 0.6) is 5.75 Å². The molecule has 0 aliphatic carbocycles. The van der Waals surface area contributed by atoms with Crippen molar-refractivity contribution in [1.82, 2.24) is 0 Å². The van der Waals surface area contributed by atoms with Crippen LogP contribution in [-0.4, -0.2) is 18.2 Å². The van der Waals surface area contributed by atoms with Crippen LogP contribution in [0.25, 0.3) is 0 Å². The van der Waals surface area contributed by atoms with Crippen LogP contribution in [0.15, 0.2) is 42.5 Å². The molecule has 2 rings (SSSR count). The number of hydrogen-bond donors (Lipinski definition) is 0. The largest absolute Gasteiger partial charge is 0.485 e. The number of ketones is 2. The van der Waals surface area contributed by atoms with Crippen molar-refractivity contribution in [3.05, 3.63) is 65.2 Å². The third-order valence-corrected chi connectivity index (χ3v) is 2.87. The number of rotatable bonds is 5. The quantitative estimate of drug-likeness (QED) is 0.792. The normalized spacial score (nSPS) is 10.2. The Morgan fingerprint density at radius 1 is 1.00 bits per heavy atom. The molecule has 0 aromatic heterocycles. The number of Topliss-reactive ketones (excluding diaryl/α,β-unsaturated/α-hetero) is 2. The smallest absolute Gasteiger partial charge is 0.206 e. The molecular weight excluding hydrogens is 278 g/mol. The second kappa shape index (κ2) is 6.26. The molecule has 0 unspecified atom stereocenters. The summed E-state index contributed by atoms with van der Waals surface area (Å²) in [5, 5.41) is 0. The fourth-order valence-corrected chi connectivity index (χ4v) is 1.77. The van der Waals surface area contributed by atoms with E-state index in [-0.39, 0.29) is 5.78 Å². The van der Waals surface area contributed by atoms with Crippen LogP contribution < -0.4 is 4.74 Å². The Bertz CT molecular complexity index is 658. The van der Waals surface area contributed by atoms with Gasteiger partial charge in [0.25, 0.3) is 0 Å². The monoisotopic (exact) mass is 290 g/mol. The van der Waals surface area contributed by atoms with E-state index >= 15 is 0 Å². The molecule has 0 saturated carbocycles. The summed E-state index contributed by atoms with van der Waals surface area (Å²) >= 11 is 0. The lowest BCUT2D eigenvalue weighted by atomic mass is 10.1. The van der Waals surface area contributed by atoms with E-state index in [2.05, 4.69) is 0 Å². The summed E-state index contributed by atoms with van der Waals surface area (Å²) in [6.07, 6.45) is 0. The van der Waals surface area contributed by atoms with Gasteiger partial charge in [0.15, 0.2) is 12.4 Å². The zero-order valence-electron chi connectivity index (χ0n) is 11.2. The van der Waals surface area contributed by atoms with Gasteiger partial charge in [0, 0.05) is 5.56 Å². The Labute approximate surface area is 120 Å². The fraction of sp³-hybridized carbons (Fsp3) is 0.125. The van der Waals surface area contributed by atoms with Crippen molar-refractivity contribution in [2.45, 2.75) is 6.92 Å². The SMILES string of the molecule is CC(=O)c1ccc(OCC(=O)c2c(F)cccc2F)cc1. The molecule has 0 heterocycles. The van der Waals surface area contributed by atoms with E-state index in [1.807, 2.05) is 0 Å². The molecule has 2 aromatic rings. The molecule has 5 heteroatoms. The molecule has 0 fully saturated rings. The van der Waals surface area contributed by atoms with Gasteiger partial charge in [-0.2, -0.15) is 0 Å². The first-order chi connectivity index (χ1) is 9.99. The highest BCUT2D eigenvalue weighted by Crippen LogP contribution is 2.16. The third kappa shape index (κ3) is 3.51. The Morgan fingerprint density at radius 2 is 1.57 bits per heavy atom. The minimum Gasteiger partial charge on any atom is -0.485 e. The van der Waals surface area contributed by atoms with E-state index in [1.54, 1.807) is 12.1 Å². The van der Waals surface area contributed by atoms with E-state index < -0.39 is 29.6 Å². The molecule has 0 N–H and O–H groups in total. The summed E-state index contributed by atoms with van der Waals surface area (Å²) in [6.45, 7) is 0.942. The number of carbonyl (C=O) groups excluding carboxylic acids is 2. The van der Waals surface area contributed by atoms with E-state index in [0.717, 1.165) is 12.1 Å². The van der Waals surface area contributed by atoms with Crippen molar-refractivity contribution in [2.24, 2.45) is 0 Å². The lowest BCUT2D eigenvalue weighted by Crippen LogP contribution is -2.15. The van der Waals surface area contributed by atoms with Crippen molar-refractivity contribution in [3.63, 3.8) is 0 Å². The number of halogens is 2. The minimum absolute atomic E-state index is 0.0916. The highest BCUT2D eigenvalue weighted by molar-refractivity contribution is 5.97. The zero-order chi connectivity index (χ0) is 15.4. The number of hydrogen-bond acceptors (Lipinski definition) is 3. The van der Waals surface area contributed by atoms with Crippen LogP contribution >= 0.6 is 0 Å². The van der Waals surface area contributed by atoms with Gasteiger partial charge in [-0.3, -0.25) is 9.59 Å². The molecule has 21 heavy (non-hydrogen) atoms. The summed E-state index contributed by atoms with van der Waals surface area (Å²) in [5.41, 5.74) is -0.105. The first-order valence-corrected chi connectivity index (χ1v) is 6.20. The van der Waals surface area contributed by atoms with Crippen LogP contribution in [0.2, 0.25) is 0 Å². The van der Waals surface area contributed by atoms with Gasteiger partial charge < -0.3 is 4.74 Å². The van der Waals surface area contributed by atoms with E-state index in [9.17, 15) is 18.4 Å². The highest BCUT2D eigenvalue weighted by atomic mass is 19.1. The standard InChI is InChI=1S/C16H12F2O3/c1-10(19)11-5-7-12(8-6-11)21-9-15(20)16-13(17)3-2-4-14(16)18/h2-8H,9H2,1H3. The summed E-state index contributed by atoms with van der Waals surface area (Å²) in [4.78, 5) is 22.9. The van der Waals surface area contributed by atoms with Gasteiger partial charge in [-0.1, -0.05) is 6.07 Å². The molecule has 0 atom stereocenters. The lowest BCUT2D eigenvalue weighted by Gasteiger charge is -2.07. The molecule has 2 aromatic carbocycles. The van der Waals surface area contributed by atoms with E-state index in [1.165, 1.54) is 25.1 Å². The second-order valence-corrected chi connectivity index (χ2v) is 4.39. The van der Waals surface area contributed by atoms with Gasteiger partial charge in [-0.05, 0) is 43.3 Å². The van der Waals surface area contributed by atoms with Gasteiger partial charge in [0.1, 0.15) is 17.4 Å². The average Bonchev–Trinajstić information content (AvgIpc) is 2.45. The topological polar surface area (TPSA) is 43.4 Å². The predicted octanol–water partition coefficient (Wildman–Crippen LogP) is 3.43. The Balaban J connectivity index is 2.06. The maximum Gasteiger partial charge on any atom is 0.206 e. The van der Waals surface area contributed by atoms with Crippen molar-refractivity contribution < 1.29 is 23.1 Å². The molecule has 0 amide bonds. The Hall–Kier alpha value is -2.56. The molecule has 0 aliphatic rings. The van der Waals surface area contributed by atoms with Crippen LogP contribution in [0, 0.1) is 11.6 Å². The maximum absolute atomic E-state index is 13.4. The predicted molar refractivity (Wildman–Crippen MR) is 72.6 cm³/mol. The van der Waals surface area contributed by atoms with Gasteiger partial charge >= 0.3 is 0 Å². The summed E-state index contributed by atoms with van der Waals surface area (Å²) in [5.74, 6) is -2.39. The van der Waals surface area contributed by atoms with E-state index in [0.29, 0.717) is 11.3 Å². The molecule has 0 aliphatic heterocycles. The lowest BCUT2D eigenvalue weighted by molar-refractivity contribution is 0.0912. The zero-order valence-corrected chi connectivity index (χ0v) is 11.2. The van der Waals surface area contributed by atoms with Crippen molar-refractivity contribution in [2.75, 3.05) is 6.61 Å². The fourth-order valence-electron chi connectivity index (χ4n) is 1.77. The maximum atomic E-state index is 13.4. The molecule has 0 spiro atoms. The molecule has 108 valence electrons. The number of carbonyl (C=O) groups is 2.